The van der Waals surface area contributed by atoms with Gasteiger partial charge in [0.1, 0.15) is 0 Å². The van der Waals surface area contributed by atoms with Crippen LogP contribution in [0.5, 0.6) is 0 Å². The Morgan fingerprint density at radius 3 is 2.29 bits per heavy atom. The Morgan fingerprint density at radius 2 is 1.71 bits per heavy atom. The summed E-state index contributed by atoms with van der Waals surface area (Å²) in [6.07, 6.45) is 5.54. The first-order valence-electron chi connectivity index (χ1n) is 8.07. The number of sulfonamides is 1. The van der Waals surface area contributed by atoms with Gasteiger partial charge >= 0.3 is 11.8 Å². The van der Waals surface area contributed by atoms with E-state index >= 15 is 0 Å². The van der Waals surface area contributed by atoms with Gasteiger partial charge < -0.3 is 11.1 Å². The van der Waals surface area contributed by atoms with Crippen molar-refractivity contribution in [3.05, 3.63) is 29.8 Å². The Hall–Kier alpha value is -1.93. The molecule has 0 saturated heterocycles. The summed E-state index contributed by atoms with van der Waals surface area (Å²) >= 11 is 0. The van der Waals surface area contributed by atoms with Gasteiger partial charge in [0.15, 0.2) is 0 Å². The number of amides is 2. The number of benzene rings is 1. The van der Waals surface area contributed by atoms with E-state index < -0.39 is 21.8 Å². The summed E-state index contributed by atoms with van der Waals surface area (Å²) in [5, 5.41) is 2.39. The molecule has 0 heterocycles. The van der Waals surface area contributed by atoms with Gasteiger partial charge in [-0.3, -0.25) is 9.59 Å². The Morgan fingerprint density at radius 1 is 1.08 bits per heavy atom. The van der Waals surface area contributed by atoms with Crippen LogP contribution < -0.4 is 15.8 Å². The van der Waals surface area contributed by atoms with Crippen molar-refractivity contribution >= 4 is 21.8 Å². The molecule has 1 aliphatic carbocycles. The first kappa shape index (κ1) is 18.4. The molecule has 1 saturated carbocycles. The van der Waals surface area contributed by atoms with E-state index in [1.54, 1.807) is 24.3 Å². The van der Waals surface area contributed by atoms with Crippen LogP contribution in [0.3, 0.4) is 0 Å². The summed E-state index contributed by atoms with van der Waals surface area (Å²) in [7, 11) is -3.50. The molecule has 1 fully saturated rings. The van der Waals surface area contributed by atoms with Crippen molar-refractivity contribution in [2.75, 3.05) is 6.54 Å². The summed E-state index contributed by atoms with van der Waals surface area (Å²) in [4.78, 5) is 21.9. The van der Waals surface area contributed by atoms with Crippen molar-refractivity contribution in [3.8, 4) is 0 Å². The van der Waals surface area contributed by atoms with Gasteiger partial charge in [-0.05, 0) is 37.0 Å². The van der Waals surface area contributed by atoms with Gasteiger partial charge in [0, 0.05) is 12.6 Å². The maximum absolute atomic E-state index is 12.4. The van der Waals surface area contributed by atoms with Crippen LogP contribution in [0.15, 0.2) is 29.2 Å². The Bertz CT molecular complexity index is 680. The highest BCUT2D eigenvalue weighted by Gasteiger charge is 2.21. The highest BCUT2D eigenvalue weighted by molar-refractivity contribution is 7.89. The van der Waals surface area contributed by atoms with E-state index in [0.29, 0.717) is 6.42 Å². The number of carbonyl (C=O) groups is 2. The molecule has 7 nitrogen and oxygen atoms in total. The van der Waals surface area contributed by atoms with Crippen molar-refractivity contribution in [2.45, 2.75) is 49.5 Å². The van der Waals surface area contributed by atoms with Crippen LogP contribution in [0, 0.1) is 0 Å². The molecule has 1 aliphatic rings. The molecule has 24 heavy (non-hydrogen) atoms. The highest BCUT2D eigenvalue weighted by Crippen LogP contribution is 2.20. The zero-order chi connectivity index (χ0) is 17.6. The van der Waals surface area contributed by atoms with E-state index in [9.17, 15) is 18.0 Å². The maximum Gasteiger partial charge on any atom is 0.309 e. The molecule has 0 radical (unpaired) electrons. The molecule has 2 amide bonds. The Kier molecular flexibility index (Phi) is 6.33. The molecule has 0 unspecified atom stereocenters. The van der Waals surface area contributed by atoms with E-state index in [-0.39, 0.29) is 17.5 Å². The second-order valence-corrected chi connectivity index (χ2v) is 7.68. The van der Waals surface area contributed by atoms with Crippen LogP contribution in [-0.2, 0) is 26.0 Å². The second kappa shape index (κ2) is 8.25. The summed E-state index contributed by atoms with van der Waals surface area (Å²) in [6.45, 7) is 0.258. The molecule has 0 bridgehead atoms. The molecule has 0 spiro atoms. The number of carbonyl (C=O) groups excluding carboxylic acids is 2. The zero-order valence-electron chi connectivity index (χ0n) is 13.5. The van der Waals surface area contributed by atoms with Gasteiger partial charge in [-0.25, -0.2) is 13.1 Å². The van der Waals surface area contributed by atoms with E-state index in [1.807, 2.05) is 0 Å². The fraction of sp³-hybridized carbons (Fsp3) is 0.500. The monoisotopic (exact) mass is 353 g/mol. The predicted octanol–water partition coefficient (Wildman–Crippen LogP) is 0.442. The zero-order valence-corrected chi connectivity index (χ0v) is 14.3. The lowest BCUT2D eigenvalue weighted by Gasteiger charge is -2.22. The average molecular weight is 353 g/mol. The molecule has 4 N–H and O–H groups in total. The van der Waals surface area contributed by atoms with Crippen molar-refractivity contribution in [1.82, 2.24) is 10.0 Å². The van der Waals surface area contributed by atoms with Crippen LogP contribution in [0.4, 0.5) is 0 Å². The summed E-state index contributed by atoms with van der Waals surface area (Å²) < 4.78 is 27.5. The van der Waals surface area contributed by atoms with E-state index in [2.05, 4.69) is 10.0 Å². The topological polar surface area (TPSA) is 118 Å². The summed E-state index contributed by atoms with van der Waals surface area (Å²) in [5.41, 5.74) is 5.69. The first-order chi connectivity index (χ1) is 11.4. The fourth-order valence-corrected chi connectivity index (χ4v) is 4.06. The van der Waals surface area contributed by atoms with Crippen LogP contribution in [0.2, 0.25) is 0 Å². The van der Waals surface area contributed by atoms with Crippen molar-refractivity contribution < 1.29 is 18.0 Å². The summed E-state index contributed by atoms with van der Waals surface area (Å²) in [6, 6.07) is 6.53. The minimum atomic E-state index is -3.50. The Balaban J connectivity index is 1.90. The number of rotatable bonds is 6. The van der Waals surface area contributed by atoms with Gasteiger partial charge in [-0.2, -0.15) is 0 Å². The molecular weight excluding hydrogens is 330 g/mol. The molecule has 0 aromatic heterocycles. The van der Waals surface area contributed by atoms with Crippen molar-refractivity contribution in [3.63, 3.8) is 0 Å². The minimum absolute atomic E-state index is 0.0208. The standard InChI is InChI=1S/C16H23N3O4S/c17-15(20)16(21)18-11-10-12-6-8-14(9-7-12)24(22,23)19-13-4-2-1-3-5-13/h6-9,13,19H,1-5,10-11H2,(H2,17,20)(H,18,21). The van der Waals surface area contributed by atoms with E-state index in [4.69, 9.17) is 5.73 Å². The van der Waals surface area contributed by atoms with Gasteiger partial charge in [-0.1, -0.05) is 31.4 Å². The lowest BCUT2D eigenvalue weighted by atomic mass is 9.96. The van der Waals surface area contributed by atoms with Crippen LogP contribution in [0.25, 0.3) is 0 Å². The van der Waals surface area contributed by atoms with Crippen LogP contribution >= 0.6 is 0 Å². The number of primary amides is 1. The molecule has 8 heteroatoms. The quantitative estimate of drug-likeness (QED) is 0.643. The number of hydrogen-bond acceptors (Lipinski definition) is 4. The molecule has 1 aromatic carbocycles. The molecule has 2 rings (SSSR count). The normalized spacial score (nSPS) is 15.8. The smallest absolute Gasteiger partial charge is 0.309 e. The van der Waals surface area contributed by atoms with Gasteiger partial charge in [0.05, 0.1) is 4.90 Å². The fourth-order valence-electron chi connectivity index (χ4n) is 2.75. The number of nitrogens with two attached hydrogens (primary N) is 1. The molecule has 1 aromatic rings. The van der Waals surface area contributed by atoms with Crippen molar-refractivity contribution in [1.29, 1.82) is 0 Å². The van der Waals surface area contributed by atoms with E-state index in [1.165, 1.54) is 6.42 Å². The van der Waals surface area contributed by atoms with Gasteiger partial charge in [-0.15, -0.1) is 0 Å². The van der Waals surface area contributed by atoms with Crippen LogP contribution in [-0.4, -0.2) is 32.8 Å². The first-order valence-corrected chi connectivity index (χ1v) is 9.56. The SMILES string of the molecule is NC(=O)C(=O)NCCc1ccc(S(=O)(=O)NC2CCCCC2)cc1. The highest BCUT2D eigenvalue weighted by atomic mass is 32.2. The lowest BCUT2D eigenvalue weighted by Crippen LogP contribution is -2.37. The summed E-state index contributed by atoms with van der Waals surface area (Å²) in [5.74, 6) is -1.85. The minimum Gasteiger partial charge on any atom is -0.361 e. The van der Waals surface area contributed by atoms with Crippen molar-refractivity contribution in [2.24, 2.45) is 5.73 Å². The average Bonchev–Trinajstić information content (AvgIpc) is 2.55. The second-order valence-electron chi connectivity index (χ2n) is 5.97. The molecule has 0 atom stereocenters. The molecule has 0 aliphatic heterocycles. The molecular formula is C16H23N3O4S. The van der Waals surface area contributed by atoms with Crippen LogP contribution in [0.1, 0.15) is 37.7 Å². The van der Waals surface area contributed by atoms with Gasteiger partial charge in [0.25, 0.3) is 0 Å². The third kappa shape index (κ3) is 5.31. The van der Waals surface area contributed by atoms with E-state index in [0.717, 1.165) is 31.2 Å². The lowest BCUT2D eigenvalue weighted by molar-refractivity contribution is -0.137. The predicted molar refractivity (Wildman–Crippen MR) is 89.5 cm³/mol. The maximum atomic E-state index is 12.4. The largest absolute Gasteiger partial charge is 0.361 e. The number of nitrogens with one attached hydrogen (secondary N) is 2. The van der Waals surface area contributed by atoms with Gasteiger partial charge in [0.2, 0.25) is 10.0 Å². The Labute approximate surface area is 142 Å². The third-order valence-corrected chi connectivity index (χ3v) is 5.62. The number of hydrogen-bond donors (Lipinski definition) is 3. The third-order valence-electron chi connectivity index (χ3n) is 4.08. The molecule has 132 valence electrons.